The van der Waals surface area contributed by atoms with E-state index in [4.69, 9.17) is 0 Å². The van der Waals surface area contributed by atoms with E-state index < -0.39 is 6.03 Å². The average molecular weight is 259 g/mol. The van der Waals surface area contributed by atoms with Gasteiger partial charge in [-0.25, -0.2) is 14.2 Å². The number of aryl methyl sites for hydroxylation is 2. The Labute approximate surface area is 110 Å². The van der Waals surface area contributed by atoms with Crippen LogP contribution < -0.4 is 10.6 Å². The van der Waals surface area contributed by atoms with Gasteiger partial charge in [-0.2, -0.15) is 0 Å². The molecule has 0 unspecified atom stereocenters. The van der Waals surface area contributed by atoms with Gasteiger partial charge in [0.05, 0.1) is 0 Å². The Bertz CT molecular complexity index is 613. The van der Waals surface area contributed by atoms with Crippen LogP contribution in [0.25, 0.3) is 0 Å². The molecule has 0 saturated heterocycles. The summed E-state index contributed by atoms with van der Waals surface area (Å²) in [6, 6.07) is 7.64. The first-order valence-electron chi connectivity index (χ1n) is 5.81. The van der Waals surface area contributed by atoms with E-state index in [1.165, 1.54) is 6.07 Å². The molecular weight excluding hydrogens is 245 g/mol. The molecule has 0 aliphatic heterocycles. The summed E-state index contributed by atoms with van der Waals surface area (Å²) >= 11 is 0. The number of carbonyl (C=O) groups is 1. The Hall–Kier alpha value is -2.43. The lowest BCUT2D eigenvalue weighted by atomic mass is 10.2. The van der Waals surface area contributed by atoms with Crippen molar-refractivity contribution >= 4 is 17.5 Å². The SMILES string of the molecule is Cc1ccnc(NC(=O)Nc2ccc(C)c(F)c2)c1. The normalized spacial score (nSPS) is 10.1. The quantitative estimate of drug-likeness (QED) is 0.867. The van der Waals surface area contributed by atoms with Crippen LogP contribution in [0.2, 0.25) is 0 Å². The Kier molecular flexibility index (Phi) is 3.75. The van der Waals surface area contributed by atoms with E-state index in [1.807, 2.05) is 13.0 Å². The third-order valence-electron chi connectivity index (χ3n) is 2.59. The molecule has 2 aromatic rings. The minimum Gasteiger partial charge on any atom is -0.308 e. The molecule has 1 heterocycles. The molecular formula is C14H14FN3O. The average Bonchev–Trinajstić information content (AvgIpc) is 2.34. The first kappa shape index (κ1) is 13.0. The van der Waals surface area contributed by atoms with Crippen molar-refractivity contribution in [3.63, 3.8) is 0 Å². The second-order valence-corrected chi connectivity index (χ2v) is 4.26. The number of carbonyl (C=O) groups excluding carboxylic acids is 1. The topological polar surface area (TPSA) is 54.0 Å². The van der Waals surface area contributed by atoms with Crippen LogP contribution in [0.1, 0.15) is 11.1 Å². The van der Waals surface area contributed by atoms with E-state index in [1.54, 1.807) is 31.3 Å². The molecule has 4 nitrogen and oxygen atoms in total. The molecule has 2 N–H and O–H groups in total. The minimum atomic E-state index is -0.457. The standard InChI is InChI=1S/C14H14FN3O/c1-9-5-6-16-13(7-9)18-14(19)17-11-4-3-10(2)12(15)8-11/h3-8H,1-2H3,(H2,16,17,18,19). The highest BCUT2D eigenvalue weighted by molar-refractivity contribution is 5.99. The summed E-state index contributed by atoms with van der Waals surface area (Å²) in [6.07, 6.45) is 1.61. The van der Waals surface area contributed by atoms with E-state index >= 15 is 0 Å². The molecule has 0 fully saturated rings. The summed E-state index contributed by atoms with van der Waals surface area (Å²) in [5.41, 5.74) is 1.92. The molecule has 1 aromatic heterocycles. The molecule has 0 spiro atoms. The second-order valence-electron chi connectivity index (χ2n) is 4.26. The maximum Gasteiger partial charge on any atom is 0.324 e. The molecule has 2 rings (SSSR count). The highest BCUT2D eigenvalue weighted by Crippen LogP contribution is 2.14. The first-order valence-corrected chi connectivity index (χ1v) is 5.81. The molecule has 2 amide bonds. The predicted molar refractivity (Wildman–Crippen MR) is 72.8 cm³/mol. The Morgan fingerprint density at radius 3 is 2.63 bits per heavy atom. The van der Waals surface area contributed by atoms with Crippen LogP contribution in [0, 0.1) is 19.7 Å². The number of anilines is 2. The molecule has 0 aliphatic rings. The monoisotopic (exact) mass is 259 g/mol. The number of hydrogen-bond donors (Lipinski definition) is 2. The van der Waals surface area contributed by atoms with Gasteiger partial charge in [-0.15, -0.1) is 0 Å². The molecule has 0 radical (unpaired) electrons. The fraction of sp³-hybridized carbons (Fsp3) is 0.143. The predicted octanol–water partition coefficient (Wildman–Crippen LogP) is 3.48. The van der Waals surface area contributed by atoms with E-state index in [0.717, 1.165) is 5.56 Å². The fourth-order valence-electron chi connectivity index (χ4n) is 1.55. The van der Waals surface area contributed by atoms with Crippen LogP contribution in [0.4, 0.5) is 20.7 Å². The summed E-state index contributed by atoms with van der Waals surface area (Å²) in [5, 5.41) is 5.13. The van der Waals surface area contributed by atoms with Gasteiger partial charge in [-0.05, 0) is 49.2 Å². The Morgan fingerprint density at radius 2 is 1.95 bits per heavy atom. The number of pyridine rings is 1. The minimum absolute atomic E-state index is 0.355. The van der Waals surface area contributed by atoms with E-state index in [-0.39, 0.29) is 5.82 Å². The molecule has 0 aliphatic carbocycles. The summed E-state index contributed by atoms with van der Waals surface area (Å²) in [5.74, 6) is 0.0940. The lowest BCUT2D eigenvalue weighted by molar-refractivity contribution is 0.262. The van der Waals surface area contributed by atoms with Crippen molar-refractivity contribution in [2.45, 2.75) is 13.8 Å². The van der Waals surface area contributed by atoms with Crippen molar-refractivity contribution in [3.05, 3.63) is 53.5 Å². The smallest absolute Gasteiger partial charge is 0.308 e. The van der Waals surface area contributed by atoms with Crippen molar-refractivity contribution in [1.82, 2.24) is 4.98 Å². The number of nitrogens with one attached hydrogen (secondary N) is 2. The number of amides is 2. The molecule has 98 valence electrons. The van der Waals surface area contributed by atoms with Crippen LogP contribution in [0.5, 0.6) is 0 Å². The lowest BCUT2D eigenvalue weighted by Crippen LogP contribution is -2.20. The van der Waals surface area contributed by atoms with Gasteiger partial charge in [0.15, 0.2) is 0 Å². The second kappa shape index (κ2) is 5.48. The van der Waals surface area contributed by atoms with Gasteiger partial charge in [0.1, 0.15) is 11.6 Å². The van der Waals surface area contributed by atoms with Crippen LogP contribution in [0.15, 0.2) is 36.5 Å². The van der Waals surface area contributed by atoms with Gasteiger partial charge < -0.3 is 5.32 Å². The molecule has 1 aromatic carbocycles. The first-order chi connectivity index (χ1) is 9.04. The highest BCUT2D eigenvalue weighted by Gasteiger charge is 2.05. The van der Waals surface area contributed by atoms with Crippen LogP contribution in [0.3, 0.4) is 0 Å². The van der Waals surface area contributed by atoms with E-state index in [0.29, 0.717) is 17.1 Å². The zero-order valence-electron chi connectivity index (χ0n) is 10.7. The van der Waals surface area contributed by atoms with Gasteiger partial charge in [-0.1, -0.05) is 6.07 Å². The van der Waals surface area contributed by atoms with E-state index in [9.17, 15) is 9.18 Å². The van der Waals surface area contributed by atoms with Gasteiger partial charge in [0, 0.05) is 11.9 Å². The van der Waals surface area contributed by atoms with Crippen molar-refractivity contribution in [1.29, 1.82) is 0 Å². The van der Waals surface area contributed by atoms with Crippen LogP contribution in [-0.4, -0.2) is 11.0 Å². The number of hydrogen-bond acceptors (Lipinski definition) is 2. The zero-order valence-corrected chi connectivity index (χ0v) is 10.7. The molecule has 19 heavy (non-hydrogen) atoms. The molecule has 0 saturated carbocycles. The summed E-state index contributed by atoms with van der Waals surface area (Å²) < 4.78 is 13.3. The maximum absolute atomic E-state index is 13.3. The molecule has 0 bridgehead atoms. The van der Waals surface area contributed by atoms with Crippen molar-refractivity contribution in [3.8, 4) is 0 Å². The van der Waals surface area contributed by atoms with Gasteiger partial charge in [-0.3, -0.25) is 5.32 Å². The largest absolute Gasteiger partial charge is 0.324 e. The summed E-state index contributed by atoms with van der Waals surface area (Å²) in [4.78, 5) is 15.7. The van der Waals surface area contributed by atoms with Crippen LogP contribution >= 0.6 is 0 Å². The maximum atomic E-state index is 13.3. The lowest BCUT2D eigenvalue weighted by Gasteiger charge is -2.08. The number of nitrogens with zero attached hydrogens (tertiary/aromatic N) is 1. The van der Waals surface area contributed by atoms with E-state index in [2.05, 4.69) is 15.6 Å². The van der Waals surface area contributed by atoms with Crippen molar-refractivity contribution in [2.75, 3.05) is 10.6 Å². The number of benzene rings is 1. The number of aromatic nitrogens is 1. The van der Waals surface area contributed by atoms with Gasteiger partial charge in [0.25, 0.3) is 0 Å². The number of halogens is 1. The number of urea groups is 1. The Morgan fingerprint density at radius 1 is 1.16 bits per heavy atom. The molecule has 5 heteroatoms. The number of rotatable bonds is 2. The molecule has 0 atom stereocenters. The summed E-state index contributed by atoms with van der Waals surface area (Å²) in [7, 11) is 0. The highest BCUT2D eigenvalue weighted by atomic mass is 19.1. The fourth-order valence-corrected chi connectivity index (χ4v) is 1.55. The zero-order chi connectivity index (χ0) is 13.8. The summed E-state index contributed by atoms with van der Waals surface area (Å²) in [6.45, 7) is 3.57. The third kappa shape index (κ3) is 3.51. The van der Waals surface area contributed by atoms with Gasteiger partial charge >= 0.3 is 6.03 Å². The Balaban J connectivity index is 2.03. The third-order valence-corrected chi connectivity index (χ3v) is 2.59. The van der Waals surface area contributed by atoms with Gasteiger partial charge in [0.2, 0.25) is 0 Å². The van der Waals surface area contributed by atoms with Crippen LogP contribution in [-0.2, 0) is 0 Å². The van der Waals surface area contributed by atoms with Crippen molar-refractivity contribution in [2.24, 2.45) is 0 Å². The van der Waals surface area contributed by atoms with Crippen molar-refractivity contribution < 1.29 is 9.18 Å².